The second-order valence-corrected chi connectivity index (χ2v) is 7.46. The maximum absolute atomic E-state index is 12.4. The third-order valence-electron chi connectivity index (χ3n) is 4.54. The second-order valence-electron chi connectivity index (χ2n) is 6.14. The average Bonchev–Trinajstić information content (AvgIpc) is 2.93. The van der Waals surface area contributed by atoms with Gasteiger partial charge in [-0.1, -0.05) is 0 Å². The van der Waals surface area contributed by atoms with Gasteiger partial charge in [0.25, 0.3) is 0 Å². The second kappa shape index (κ2) is 4.98. The van der Waals surface area contributed by atoms with Crippen LogP contribution in [0.3, 0.4) is 0 Å². The fraction of sp³-hybridized carbons (Fsp3) is 0.500. The highest BCUT2D eigenvalue weighted by atomic mass is 32.1. The summed E-state index contributed by atoms with van der Waals surface area (Å²) in [6, 6.07) is 4.58. The predicted octanol–water partition coefficient (Wildman–Crippen LogP) is 2.49. The van der Waals surface area contributed by atoms with E-state index in [1.807, 2.05) is 23.7 Å². The number of imidazole rings is 1. The van der Waals surface area contributed by atoms with Crippen LogP contribution in [0, 0.1) is 12.8 Å². The molecule has 21 heavy (non-hydrogen) atoms. The highest BCUT2D eigenvalue weighted by molar-refractivity contribution is 7.12. The minimum absolute atomic E-state index is 0.187. The van der Waals surface area contributed by atoms with Crippen molar-refractivity contribution < 1.29 is 4.79 Å². The van der Waals surface area contributed by atoms with Gasteiger partial charge in [0.2, 0.25) is 5.91 Å². The van der Waals surface area contributed by atoms with Gasteiger partial charge in [-0.3, -0.25) is 4.79 Å². The monoisotopic (exact) mass is 301 g/mol. The van der Waals surface area contributed by atoms with Crippen LogP contribution in [0.5, 0.6) is 0 Å². The molecule has 1 saturated carbocycles. The molecule has 110 valence electrons. The Hall–Kier alpha value is -1.62. The molecule has 4 rings (SSSR count). The number of amides is 1. The van der Waals surface area contributed by atoms with Gasteiger partial charge in [0.15, 0.2) is 0 Å². The molecule has 2 aromatic rings. The number of carbonyl (C=O) groups excluding carboxylic acids is 1. The zero-order valence-corrected chi connectivity index (χ0v) is 12.9. The van der Waals surface area contributed by atoms with E-state index in [0.717, 1.165) is 31.6 Å². The number of hydrogen-bond acceptors (Lipinski definition) is 3. The van der Waals surface area contributed by atoms with Crippen molar-refractivity contribution in [3.63, 3.8) is 0 Å². The average molecular weight is 301 g/mol. The van der Waals surface area contributed by atoms with Crippen LogP contribution in [0.2, 0.25) is 0 Å². The molecule has 3 heterocycles. The Morgan fingerprint density at radius 2 is 2.38 bits per heavy atom. The molecule has 0 spiro atoms. The fourth-order valence-corrected chi connectivity index (χ4v) is 4.30. The van der Waals surface area contributed by atoms with E-state index in [1.165, 1.54) is 9.75 Å². The molecule has 1 amide bonds. The van der Waals surface area contributed by atoms with Gasteiger partial charge in [0.1, 0.15) is 5.82 Å². The first-order chi connectivity index (χ1) is 10.2. The largest absolute Gasteiger partial charge is 0.351 e. The molecule has 0 unspecified atom stereocenters. The van der Waals surface area contributed by atoms with E-state index in [9.17, 15) is 4.79 Å². The maximum Gasteiger partial charge on any atom is 0.224 e. The van der Waals surface area contributed by atoms with E-state index < -0.39 is 0 Å². The van der Waals surface area contributed by atoms with Crippen LogP contribution in [-0.4, -0.2) is 21.5 Å². The highest BCUT2D eigenvalue weighted by Gasteiger charge is 2.45. The molecule has 0 radical (unpaired) electrons. The Balaban J connectivity index is 1.35. The summed E-state index contributed by atoms with van der Waals surface area (Å²) in [5, 5.41) is 3.24. The lowest BCUT2D eigenvalue weighted by Gasteiger charge is -2.24. The number of thiophene rings is 1. The molecular weight excluding hydrogens is 282 g/mol. The third-order valence-corrected chi connectivity index (χ3v) is 5.67. The molecule has 0 bridgehead atoms. The lowest BCUT2D eigenvalue weighted by Crippen LogP contribution is -2.41. The zero-order valence-electron chi connectivity index (χ0n) is 12.1. The normalized spacial score (nSPS) is 27.2. The molecule has 0 saturated heterocycles. The van der Waals surface area contributed by atoms with Crippen LogP contribution in [0.25, 0.3) is 0 Å². The van der Waals surface area contributed by atoms with Gasteiger partial charge in [-0.05, 0) is 31.9 Å². The molecule has 3 atom stereocenters. The van der Waals surface area contributed by atoms with Crippen molar-refractivity contribution in [1.29, 1.82) is 0 Å². The number of aromatic nitrogens is 2. The molecule has 5 heteroatoms. The van der Waals surface area contributed by atoms with Crippen molar-refractivity contribution in [3.05, 3.63) is 40.1 Å². The van der Waals surface area contributed by atoms with Gasteiger partial charge in [-0.25, -0.2) is 4.98 Å². The number of fused-ring (bicyclic) bond motifs is 1. The number of aryl methyl sites for hydroxylation is 2. The molecular formula is C16H19N3OS. The number of hydrogen-bond donors (Lipinski definition) is 1. The lowest BCUT2D eigenvalue weighted by atomic mass is 10.1. The zero-order chi connectivity index (χ0) is 14.4. The number of rotatable bonds is 3. The van der Waals surface area contributed by atoms with Gasteiger partial charge in [0, 0.05) is 53.0 Å². The van der Waals surface area contributed by atoms with Crippen LogP contribution < -0.4 is 5.32 Å². The van der Waals surface area contributed by atoms with E-state index in [4.69, 9.17) is 0 Å². The summed E-state index contributed by atoms with van der Waals surface area (Å²) < 4.78 is 2.15. The Kier molecular flexibility index (Phi) is 3.10. The van der Waals surface area contributed by atoms with Gasteiger partial charge >= 0.3 is 0 Å². The number of carbonyl (C=O) groups is 1. The van der Waals surface area contributed by atoms with E-state index >= 15 is 0 Å². The first-order valence-electron chi connectivity index (χ1n) is 7.57. The minimum Gasteiger partial charge on any atom is -0.351 e. The summed E-state index contributed by atoms with van der Waals surface area (Å²) in [7, 11) is 0. The summed E-state index contributed by atoms with van der Waals surface area (Å²) >= 11 is 1.83. The van der Waals surface area contributed by atoms with Gasteiger partial charge < -0.3 is 9.88 Å². The molecule has 1 N–H and O–H groups in total. The van der Waals surface area contributed by atoms with Gasteiger partial charge in [0.05, 0.1) is 0 Å². The summed E-state index contributed by atoms with van der Waals surface area (Å²) in [5.74, 6) is 2.02. The number of nitrogens with one attached hydrogen (secondary N) is 1. The van der Waals surface area contributed by atoms with Crippen LogP contribution >= 0.6 is 11.3 Å². The SMILES string of the molecule is Cc1ccc([C@@H]2C[C@H]2C(=O)N[C@H]2CCc3nccn3C2)s1. The van der Waals surface area contributed by atoms with E-state index in [2.05, 4.69) is 33.9 Å². The topological polar surface area (TPSA) is 46.9 Å². The van der Waals surface area contributed by atoms with Crippen molar-refractivity contribution in [2.24, 2.45) is 5.92 Å². The van der Waals surface area contributed by atoms with E-state index in [0.29, 0.717) is 5.92 Å². The fourth-order valence-electron chi connectivity index (χ4n) is 3.24. The van der Waals surface area contributed by atoms with Gasteiger partial charge in [-0.15, -0.1) is 11.3 Å². The predicted molar refractivity (Wildman–Crippen MR) is 82.4 cm³/mol. The van der Waals surface area contributed by atoms with Crippen molar-refractivity contribution in [1.82, 2.24) is 14.9 Å². The Morgan fingerprint density at radius 3 is 3.19 bits per heavy atom. The summed E-state index contributed by atoms with van der Waals surface area (Å²) in [6.07, 6.45) is 6.81. The smallest absolute Gasteiger partial charge is 0.224 e. The molecule has 0 aromatic carbocycles. The summed E-state index contributed by atoms with van der Waals surface area (Å²) in [4.78, 5) is 19.4. The van der Waals surface area contributed by atoms with E-state index in [1.54, 1.807) is 0 Å². The molecule has 1 fully saturated rings. The lowest BCUT2D eigenvalue weighted by molar-refractivity contribution is -0.123. The van der Waals surface area contributed by atoms with Crippen molar-refractivity contribution in [2.45, 2.75) is 44.7 Å². The minimum atomic E-state index is 0.187. The van der Waals surface area contributed by atoms with Crippen molar-refractivity contribution >= 4 is 17.2 Å². The van der Waals surface area contributed by atoms with Crippen molar-refractivity contribution in [2.75, 3.05) is 0 Å². The first kappa shape index (κ1) is 13.1. The van der Waals surface area contributed by atoms with Crippen molar-refractivity contribution in [3.8, 4) is 0 Å². The molecule has 4 nitrogen and oxygen atoms in total. The maximum atomic E-state index is 12.4. The first-order valence-corrected chi connectivity index (χ1v) is 8.39. The number of nitrogens with zero attached hydrogens (tertiary/aromatic N) is 2. The summed E-state index contributed by atoms with van der Waals surface area (Å²) in [5.41, 5.74) is 0. The van der Waals surface area contributed by atoms with E-state index in [-0.39, 0.29) is 17.9 Å². The standard InChI is InChI=1S/C16H19N3OS/c1-10-2-4-14(21-10)12-8-13(12)16(20)18-11-3-5-15-17-6-7-19(15)9-11/h2,4,6-7,11-13H,3,5,8-9H2,1H3,(H,18,20)/t11-,12+,13+/m0/s1. The molecule has 1 aliphatic carbocycles. The van der Waals surface area contributed by atoms with Crippen LogP contribution in [0.1, 0.15) is 34.3 Å². The summed E-state index contributed by atoms with van der Waals surface area (Å²) in [6.45, 7) is 2.98. The van der Waals surface area contributed by atoms with Crippen LogP contribution in [-0.2, 0) is 17.8 Å². The third kappa shape index (κ3) is 2.50. The molecule has 2 aliphatic rings. The quantitative estimate of drug-likeness (QED) is 0.947. The Bertz CT molecular complexity index is 675. The molecule has 2 aromatic heterocycles. The Labute approximate surface area is 128 Å². The molecule has 1 aliphatic heterocycles. The Morgan fingerprint density at radius 1 is 1.48 bits per heavy atom. The van der Waals surface area contributed by atoms with Gasteiger partial charge in [-0.2, -0.15) is 0 Å². The van der Waals surface area contributed by atoms with Crippen LogP contribution in [0.4, 0.5) is 0 Å². The highest BCUT2D eigenvalue weighted by Crippen LogP contribution is 2.49. The van der Waals surface area contributed by atoms with Crippen LogP contribution in [0.15, 0.2) is 24.5 Å².